The maximum Gasteiger partial charge on any atom is 0.233 e. The third-order valence-electron chi connectivity index (χ3n) is 5.74. The monoisotopic (exact) mass is 341 g/mol. The van der Waals surface area contributed by atoms with Gasteiger partial charge in [-0.15, -0.1) is 0 Å². The summed E-state index contributed by atoms with van der Waals surface area (Å²) < 4.78 is 15.7. The molecule has 0 N–H and O–H groups in total. The number of rotatable bonds is 4. The average molecular weight is 341 g/mol. The number of likely N-dealkylation sites (tertiary alicyclic amines) is 1. The molecule has 2 aliphatic rings. The Morgan fingerprint density at radius 2 is 2.24 bits per heavy atom. The lowest BCUT2D eigenvalue weighted by Gasteiger charge is -2.35. The summed E-state index contributed by atoms with van der Waals surface area (Å²) in [5, 5.41) is 0. The van der Waals surface area contributed by atoms with Gasteiger partial charge in [0.1, 0.15) is 11.6 Å². The van der Waals surface area contributed by atoms with Gasteiger partial charge in [0.2, 0.25) is 5.91 Å². The number of hydrogen-bond donors (Lipinski definition) is 0. The number of piperidine rings is 1. The van der Waals surface area contributed by atoms with Crippen molar-refractivity contribution >= 4 is 5.91 Å². The fourth-order valence-corrected chi connectivity index (χ4v) is 4.11. The number of imidazole rings is 1. The molecule has 1 saturated heterocycles. The van der Waals surface area contributed by atoms with Crippen molar-refractivity contribution in [3.63, 3.8) is 0 Å². The Hall–Kier alpha value is -2.17. The van der Waals surface area contributed by atoms with Crippen LogP contribution >= 0.6 is 0 Å². The first-order valence-corrected chi connectivity index (χ1v) is 9.10. The molecule has 1 saturated carbocycles. The molecule has 1 aromatic carbocycles. The van der Waals surface area contributed by atoms with Crippen LogP contribution in [0.15, 0.2) is 36.7 Å². The number of aromatic nitrogens is 2. The molecule has 1 aliphatic carbocycles. The molecule has 0 spiro atoms. The molecule has 0 unspecified atom stereocenters. The van der Waals surface area contributed by atoms with Crippen LogP contribution in [0.25, 0.3) is 0 Å². The van der Waals surface area contributed by atoms with Gasteiger partial charge in [-0.05, 0) is 49.3 Å². The molecule has 4 nitrogen and oxygen atoms in total. The Morgan fingerprint density at radius 1 is 1.40 bits per heavy atom. The summed E-state index contributed by atoms with van der Waals surface area (Å²) in [5.74, 6) is 1.44. The second-order valence-corrected chi connectivity index (χ2v) is 7.51. The van der Waals surface area contributed by atoms with Gasteiger partial charge in [-0.25, -0.2) is 9.37 Å². The minimum Gasteiger partial charge on any atom is -0.342 e. The second kappa shape index (κ2) is 6.28. The predicted molar refractivity (Wildman–Crippen MR) is 93.5 cm³/mol. The highest BCUT2D eigenvalue weighted by Gasteiger charge is 2.53. The van der Waals surface area contributed by atoms with E-state index in [4.69, 9.17) is 0 Å². The number of carbonyl (C=O) groups excluding carboxylic acids is 1. The van der Waals surface area contributed by atoms with Crippen LogP contribution in [0, 0.1) is 11.7 Å². The van der Waals surface area contributed by atoms with E-state index in [-0.39, 0.29) is 11.7 Å². The summed E-state index contributed by atoms with van der Waals surface area (Å²) in [5.41, 5.74) is 0.358. The molecule has 2 aromatic rings. The molecular formula is C20H24FN3O. The molecule has 2 fully saturated rings. The van der Waals surface area contributed by atoms with Crippen molar-refractivity contribution in [1.29, 1.82) is 0 Å². The topological polar surface area (TPSA) is 38.1 Å². The molecule has 0 bridgehead atoms. The van der Waals surface area contributed by atoms with Gasteiger partial charge < -0.3 is 9.47 Å². The van der Waals surface area contributed by atoms with E-state index >= 15 is 0 Å². The fraction of sp³-hybridized carbons (Fsp3) is 0.500. The standard InChI is InChI=1S/C20H24FN3O/c1-23-11-9-22-18(23)12-15-4-3-10-24(14-15)19(25)20(7-8-20)16-5-2-6-17(21)13-16/h2,5-6,9,11,13,15H,3-4,7-8,10,12,14H2,1H3/t15-/m1/s1. The van der Waals surface area contributed by atoms with Crippen molar-refractivity contribution in [2.24, 2.45) is 13.0 Å². The Labute approximate surface area is 147 Å². The van der Waals surface area contributed by atoms with Gasteiger partial charge in [-0.1, -0.05) is 12.1 Å². The SMILES string of the molecule is Cn1ccnc1C[C@H]1CCCN(C(=O)C2(c3cccc(F)c3)CC2)C1. The van der Waals surface area contributed by atoms with Crippen LogP contribution in [0.2, 0.25) is 0 Å². The third kappa shape index (κ3) is 3.08. The van der Waals surface area contributed by atoms with Crippen molar-refractivity contribution in [3.8, 4) is 0 Å². The zero-order valence-corrected chi connectivity index (χ0v) is 14.6. The number of halogens is 1. The minimum absolute atomic E-state index is 0.183. The van der Waals surface area contributed by atoms with E-state index in [2.05, 4.69) is 9.55 Å². The number of amides is 1. The van der Waals surface area contributed by atoms with Crippen molar-refractivity contribution in [1.82, 2.24) is 14.5 Å². The quantitative estimate of drug-likeness (QED) is 0.857. The van der Waals surface area contributed by atoms with Gasteiger partial charge in [0, 0.05) is 39.0 Å². The zero-order chi connectivity index (χ0) is 17.4. The number of carbonyl (C=O) groups is 1. The van der Waals surface area contributed by atoms with Crippen LogP contribution in [0.1, 0.15) is 37.1 Å². The zero-order valence-electron chi connectivity index (χ0n) is 14.6. The lowest BCUT2D eigenvalue weighted by molar-refractivity contribution is -0.135. The lowest BCUT2D eigenvalue weighted by atomic mass is 9.90. The van der Waals surface area contributed by atoms with Gasteiger partial charge in [-0.2, -0.15) is 0 Å². The Kier molecular flexibility index (Phi) is 4.10. The average Bonchev–Trinajstić information content (AvgIpc) is 3.34. The van der Waals surface area contributed by atoms with Crippen LogP contribution in [0.3, 0.4) is 0 Å². The first-order valence-electron chi connectivity index (χ1n) is 9.10. The summed E-state index contributed by atoms with van der Waals surface area (Å²) in [6.45, 7) is 1.59. The van der Waals surface area contributed by atoms with E-state index in [9.17, 15) is 9.18 Å². The highest BCUT2D eigenvalue weighted by Crippen LogP contribution is 2.50. The molecule has 1 atom stereocenters. The van der Waals surface area contributed by atoms with E-state index in [1.165, 1.54) is 12.1 Å². The van der Waals surface area contributed by atoms with E-state index in [1.807, 2.05) is 30.4 Å². The number of hydrogen-bond acceptors (Lipinski definition) is 2. The molecule has 2 heterocycles. The molecule has 0 radical (unpaired) electrons. The van der Waals surface area contributed by atoms with Crippen molar-refractivity contribution in [2.45, 2.75) is 37.5 Å². The number of benzene rings is 1. The van der Waals surface area contributed by atoms with Crippen molar-refractivity contribution in [3.05, 3.63) is 53.9 Å². The Balaban J connectivity index is 1.48. The molecule has 25 heavy (non-hydrogen) atoms. The largest absolute Gasteiger partial charge is 0.342 e. The molecule has 1 amide bonds. The van der Waals surface area contributed by atoms with Crippen LogP contribution in [0.4, 0.5) is 4.39 Å². The van der Waals surface area contributed by atoms with E-state index in [1.54, 1.807) is 6.07 Å². The summed E-state index contributed by atoms with van der Waals surface area (Å²) >= 11 is 0. The van der Waals surface area contributed by atoms with E-state index < -0.39 is 5.41 Å². The van der Waals surface area contributed by atoms with Gasteiger partial charge in [0.25, 0.3) is 0 Å². The first-order chi connectivity index (χ1) is 12.1. The van der Waals surface area contributed by atoms with Gasteiger partial charge in [-0.3, -0.25) is 4.79 Å². The number of nitrogens with zero attached hydrogens (tertiary/aromatic N) is 3. The number of aryl methyl sites for hydroxylation is 1. The minimum atomic E-state index is -0.479. The smallest absolute Gasteiger partial charge is 0.233 e. The maximum atomic E-state index is 13.6. The van der Waals surface area contributed by atoms with Crippen molar-refractivity contribution in [2.75, 3.05) is 13.1 Å². The lowest BCUT2D eigenvalue weighted by Crippen LogP contribution is -2.45. The Bertz CT molecular complexity index is 781. The van der Waals surface area contributed by atoms with Gasteiger partial charge in [0.15, 0.2) is 0 Å². The molecule has 1 aromatic heterocycles. The van der Waals surface area contributed by atoms with E-state index in [0.717, 1.165) is 56.6 Å². The van der Waals surface area contributed by atoms with Crippen LogP contribution in [-0.4, -0.2) is 33.4 Å². The Morgan fingerprint density at radius 3 is 2.92 bits per heavy atom. The molecule has 4 rings (SSSR count). The van der Waals surface area contributed by atoms with Crippen LogP contribution in [0.5, 0.6) is 0 Å². The highest BCUT2D eigenvalue weighted by atomic mass is 19.1. The highest BCUT2D eigenvalue weighted by molar-refractivity contribution is 5.91. The maximum absolute atomic E-state index is 13.6. The van der Waals surface area contributed by atoms with E-state index in [0.29, 0.717) is 5.92 Å². The molecule has 1 aliphatic heterocycles. The summed E-state index contributed by atoms with van der Waals surface area (Å²) in [6.07, 6.45) is 8.50. The summed E-state index contributed by atoms with van der Waals surface area (Å²) in [7, 11) is 2.01. The van der Waals surface area contributed by atoms with Crippen LogP contribution < -0.4 is 0 Å². The summed E-state index contributed by atoms with van der Waals surface area (Å²) in [6, 6.07) is 6.56. The summed E-state index contributed by atoms with van der Waals surface area (Å²) in [4.78, 5) is 19.6. The second-order valence-electron chi connectivity index (χ2n) is 7.51. The first kappa shape index (κ1) is 16.3. The fourth-order valence-electron chi connectivity index (χ4n) is 4.11. The van der Waals surface area contributed by atoms with Crippen LogP contribution in [-0.2, 0) is 23.7 Å². The third-order valence-corrected chi connectivity index (χ3v) is 5.74. The van der Waals surface area contributed by atoms with Gasteiger partial charge in [0.05, 0.1) is 5.41 Å². The van der Waals surface area contributed by atoms with Gasteiger partial charge >= 0.3 is 0 Å². The molecule has 5 heteroatoms. The molecule has 132 valence electrons. The predicted octanol–water partition coefficient (Wildman–Crippen LogP) is 3.07. The normalized spacial score (nSPS) is 22.0. The van der Waals surface area contributed by atoms with Crippen molar-refractivity contribution < 1.29 is 9.18 Å². The molecular weight excluding hydrogens is 317 g/mol.